The summed E-state index contributed by atoms with van der Waals surface area (Å²) in [6.45, 7) is 1.55. The van der Waals surface area contributed by atoms with E-state index in [-0.39, 0.29) is 0 Å². The molecule has 2 unspecified atom stereocenters. The lowest BCUT2D eigenvalue weighted by molar-refractivity contribution is -0.361. The summed E-state index contributed by atoms with van der Waals surface area (Å²) >= 11 is 0. The lowest BCUT2D eigenvalue weighted by atomic mass is 9.87. The molecule has 0 bridgehead atoms. The number of benzene rings is 1. The van der Waals surface area contributed by atoms with Crippen LogP contribution in [-0.2, 0) is 10.4 Å². The minimum Gasteiger partial charge on any atom is -0.357 e. The first-order valence-corrected chi connectivity index (χ1v) is 5.07. The van der Waals surface area contributed by atoms with Crippen molar-refractivity contribution in [1.29, 1.82) is 0 Å². The lowest BCUT2D eigenvalue weighted by Crippen LogP contribution is -2.45. The quantitative estimate of drug-likeness (QED) is 0.798. The molecule has 2 atom stereocenters. The average Bonchev–Trinajstić information content (AvgIpc) is 2.58. The molecule has 1 saturated heterocycles. The Hall–Kier alpha value is -1.11. The number of nitrogens with one attached hydrogen (secondary N) is 1. The second-order valence-corrected chi connectivity index (χ2v) is 4.36. The van der Waals surface area contributed by atoms with Crippen LogP contribution in [0.1, 0.15) is 18.9 Å². The zero-order valence-electron chi connectivity index (χ0n) is 9.08. The minimum atomic E-state index is -4.83. The molecule has 0 aromatic heterocycles. The SMILES string of the molecule is CC1(c2ccccc2)CC(O)(C(F)(F)F)ON1. The third kappa shape index (κ3) is 2.03. The van der Waals surface area contributed by atoms with E-state index in [1.54, 1.807) is 37.3 Å². The number of hydrogen-bond donors (Lipinski definition) is 2. The number of hydroxylamine groups is 1. The highest BCUT2D eigenvalue weighted by atomic mass is 19.4. The number of hydrogen-bond acceptors (Lipinski definition) is 3. The van der Waals surface area contributed by atoms with Gasteiger partial charge in [-0.3, -0.25) is 4.84 Å². The fourth-order valence-corrected chi connectivity index (χ4v) is 1.87. The first-order valence-electron chi connectivity index (χ1n) is 5.07. The normalized spacial score (nSPS) is 33.9. The maximum absolute atomic E-state index is 12.6. The van der Waals surface area contributed by atoms with Crippen molar-refractivity contribution >= 4 is 0 Å². The monoisotopic (exact) mass is 247 g/mol. The van der Waals surface area contributed by atoms with Crippen molar-refractivity contribution in [2.45, 2.75) is 30.8 Å². The van der Waals surface area contributed by atoms with E-state index in [1.807, 2.05) is 0 Å². The van der Waals surface area contributed by atoms with Gasteiger partial charge in [0.2, 0.25) is 0 Å². The fraction of sp³-hybridized carbons (Fsp3) is 0.455. The molecule has 1 aliphatic rings. The van der Waals surface area contributed by atoms with E-state index < -0.39 is 23.9 Å². The maximum atomic E-state index is 12.6. The summed E-state index contributed by atoms with van der Waals surface area (Å²) in [4.78, 5) is 4.36. The summed E-state index contributed by atoms with van der Waals surface area (Å²) in [6.07, 6.45) is -5.42. The summed E-state index contributed by atoms with van der Waals surface area (Å²) in [7, 11) is 0. The van der Waals surface area contributed by atoms with Crippen LogP contribution in [0, 0.1) is 0 Å². The van der Waals surface area contributed by atoms with E-state index in [0.717, 1.165) is 0 Å². The van der Waals surface area contributed by atoms with Crippen molar-refractivity contribution in [2.24, 2.45) is 0 Å². The van der Waals surface area contributed by atoms with Gasteiger partial charge in [-0.15, -0.1) is 0 Å². The smallest absolute Gasteiger partial charge is 0.357 e. The van der Waals surface area contributed by atoms with E-state index >= 15 is 0 Å². The molecule has 1 aromatic carbocycles. The largest absolute Gasteiger partial charge is 0.444 e. The van der Waals surface area contributed by atoms with Gasteiger partial charge >= 0.3 is 6.18 Å². The standard InChI is InChI=1S/C11H12F3NO2/c1-9(8-5-3-2-4-6-8)7-10(16,17-15-9)11(12,13)14/h2-6,15-16H,7H2,1H3. The molecule has 17 heavy (non-hydrogen) atoms. The van der Waals surface area contributed by atoms with Crippen molar-refractivity contribution in [3.05, 3.63) is 35.9 Å². The van der Waals surface area contributed by atoms with Crippen LogP contribution in [0.3, 0.4) is 0 Å². The van der Waals surface area contributed by atoms with E-state index in [1.165, 1.54) is 0 Å². The van der Waals surface area contributed by atoms with Gasteiger partial charge in [0, 0.05) is 6.42 Å². The van der Waals surface area contributed by atoms with Crippen molar-refractivity contribution in [2.75, 3.05) is 0 Å². The molecular formula is C11H12F3NO2. The Kier molecular flexibility index (Phi) is 2.68. The molecular weight excluding hydrogens is 235 g/mol. The van der Waals surface area contributed by atoms with Crippen LogP contribution in [0.2, 0.25) is 0 Å². The Morgan fingerprint density at radius 3 is 2.35 bits per heavy atom. The summed E-state index contributed by atoms with van der Waals surface area (Å²) in [6, 6.07) is 8.55. The second-order valence-electron chi connectivity index (χ2n) is 4.36. The van der Waals surface area contributed by atoms with Crippen molar-refractivity contribution in [1.82, 2.24) is 5.48 Å². The molecule has 0 saturated carbocycles. The average molecular weight is 247 g/mol. The lowest BCUT2D eigenvalue weighted by Gasteiger charge is -2.25. The van der Waals surface area contributed by atoms with Gasteiger partial charge in [-0.05, 0) is 12.5 Å². The van der Waals surface area contributed by atoms with Crippen molar-refractivity contribution < 1.29 is 23.1 Å². The first-order chi connectivity index (χ1) is 7.77. The molecule has 6 heteroatoms. The number of rotatable bonds is 1. The van der Waals surface area contributed by atoms with Gasteiger partial charge in [0.1, 0.15) is 0 Å². The molecule has 0 aliphatic carbocycles. The summed E-state index contributed by atoms with van der Waals surface area (Å²) < 4.78 is 37.8. The fourth-order valence-electron chi connectivity index (χ4n) is 1.87. The highest BCUT2D eigenvalue weighted by Gasteiger charge is 2.63. The Morgan fingerprint density at radius 2 is 1.88 bits per heavy atom. The third-order valence-electron chi connectivity index (χ3n) is 2.89. The Bertz CT molecular complexity index is 409. The molecule has 1 heterocycles. The number of halogens is 3. The summed E-state index contributed by atoms with van der Waals surface area (Å²) in [5.74, 6) is -3.14. The van der Waals surface area contributed by atoms with Crippen LogP contribution in [0.5, 0.6) is 0 Å². The zero-order chi connectivity index (χ0) is 12.7. The van der Waals surface area contributed by atoms with Crippen LogP contribution in [0.25, 0.3) is 0 Å². The predicted molar refractivity (Wildman–Crippen MR) is 53.6 cm³/mol. The Morgan fingerprint density at radius 1 is 1.29 bits per heavy atom. The van der Waals surface area contributed by atoms with Crippen LogP contribution in [-0.4, -0.2) is 17.1 Å². The van der Waals surface area contributed by atoms with Gasteiger partial charge in [0.25, 0.3) is 5.79 Å². The molecule has 0 spiro atoms. The van der Waals surface area contributed by atoms with Gasteiger partial charge in [0.05, 0.1) is 5.54 Å². The van der Waals surface area contributed by atoms with Crippen molar-refractivity contribution in [3.63, 3.8) is 0 Å². The summed E-state index contributed by atoms with van der Waals surface area (Å²) in [5, 5.41) is 9.42. The molecule has 3 nitrogen and oxygen atoms in total. The second kappa shape index (κ2) is 3.69. The van der Waals surface area contributed by atoms with Gasteiger partial charge < -0.3 is 5.11 Å². The van der Waals surface area contributed by atoms with Crippen LogP contribution in [0.15, 0.2) is 30.3 Å². The minimum absolute atomic E-state index is 0.590. The van der Waals surface area contributed by atoms with E-state index in [4.69, 9.17) is 0 Å². The van der Waals surface area contributed by atoms with E-state index in [0.29, 0.717) is 5.56 Å². The number of aliphatic hydroxyl groups is 1. The molecule has 1 aromatic rings. The topological polar surface area (TPSA) is 41.5 Å². The zero-order valence-corrected chi connectivity index (χ0v) is 9.08. The highest BCUT2D eigenvalue weighted by Crippen LogP contribution is 2.44. The highest BCUT2D eigenvalue weighted by molar-refractivity contribution is 5.24. The van der Waals surface area contributed by atoms with Gasteiger partial charge in [-0.2, -0.15) is 18.7 Å². The third-order valence-corrected chi connectivity index (χ3v) is 2.89. The Labute approximate surface area is 96.2 Å². The molecule has 94 valence electrons. The maximum Gasteiger partial charge on any atom is 0.444 e. The Balaban J connectivity index is 2.28. The first kappa shape index (κ1) is 12.3. The van der Waals surface area contributed by atoms with E-state index in [2.05, 4.69) is 10.3 Å². The van der Waals surface area contributed by atoms with Crippen LogP contribution in [0.4, 0.5) is 13.2 Å². The molecule has 0 radical (unpaired) electrons. The molecule has 0 amide bonds. The van der Waals surface area contributed by atoms with Gasteiger partial charge in [-0.25, -0.2) is 0 Å². The van der Waals surface area contributed by atoms with Crippen LogP contribution >= 0.6 is 0 Å². The van der Waals surface area contributed by atoms with Gasteiger partial charge in [-0.1, -0.05) is 30.3 Å². The van der Waals surface area contributed by atoms with E-state index in [9.17, 15) is 18.3 Å². The molecule has 1 fully saturated rings. The van der Waals surface area contributed by atoms with Crippen LogP contribution < -0.4 is 5.48 Å². The van der Waals surface area contributed by atoms with Crippen molar-refractivity contribution in [3.8, 4) is 0 Å². The molecule has 1 aliphatic heterocycles. The molecule has 2 N–H and O–H groups in total. The summed E-state index contributed by atoms with van der Waals surface area (Å²) in [5.41, 5.74) is 1.84. The molecule has 2 rings (SSSR count). The predicted octanol–water partition coefficient (Wildman–Crippen LogP) is 2.08. The van der Waals surface area contributed by atoms with Gasteiger partial charge in [0.15, 0.2) is 0 Å². The number of alkyl halides is 3.